The summed E-state index contributed by atoms with van der Waals surface area (Å²) in [6.07, 6.45) is 1.55. The number of nitrogens with one attached hydrogen (secondary N) is 1. The summed E-state index contributed by atoms with van der Waals surface area (Å²) in [5.74, 6) is 0.0487. The molecule has 1 aromatic carbocycles. The largest absolute Gasteiger partial charge is 0.497 e. The normalized spacial score (nSPS) is 24.3. The fourth-order valence-corrected chi connectivity index (χ4v) is 2.04. The highest BCUT2D eigenvalue weighted by Gasteiger charge is 2.29. The van der Waals surface area contributed by atoms with Crippen molar-refractivity contribution < 1.29 is 14.6 Å². The number of carboxylic acids is 1. The Kier molecular flexibility index (Phi) is 3.10. The van der Waals surface area contributed by atoms with E-state index in [0.29, 0.717) is 6.42 Å². The van der Waals surface area contributed by atoms with E-state index in [1.807, 2.05) is 24.3 Å². The molecule has 86 valence electrons. The van der Waals surface area contributed by atoms with E-state index in [1.54, 1.807) is 7.11 Å². The van der Waals surface area contributed by atoms with E-state index >= 15 is 0 Å². The van der Waals surface area contributed by atoms with Gasteiger partial charge in [-0.3, -0.25) is 10.1 Å². The van der Waals surface area contributed by atoms with Crippen LogP contribution in [-0.4, -0.2) is 24.2 Å². The maximum Gasteiger partial charge on any atom is 0.320 e. The molecular formula is C12H15NO3. The predicted octanol–water partition coefficient (Wildman–Crippen LogP) is 1.57. The van der Waals surface area contributed by atoms with Crippen LogP contribution in [0.15, 0.2) is 24.3 Å². The Labute approximate surface area is 94.2 Å². The Morgan fingerprint density at radius 2 is 2.06 bits per heavy atom. The first-order valence-electron chi connectivity index (χ1n) is 5.33. The SMILES string of the molecule is COc1ccc(C2CCC(C(=O)O)N2)cc1. The van der Waals surface area contributed by atoms with Gasteiger partial charge in [0.2, 0.25) is 0 Å². The Morgan fingerprint density at radius 1 is 1.38 bits per heavy atom. The quantitative estimate of drug-likeness (QED) is 0.813. The molecule has 0 spiro atoms. The molecule has 0 amide bonds. The van der Waals surface area contributed by atoms with Gasteiger partial charge in [0.15, 0.2) is 0 Å². The third kappa shape index (κ3) is 2.17. The monoisotopic (exact) mass is 221 g/mol. The lowest BCUT2D eigenvalue weighted by Gasteiger charge is -2.12. The second-order valence-electron chi connectivity index (χ2n) is 3.96. The maximum atomic E-state index is 10.8. The van der Waals surface area contributed by atoms with E-state index in [2.05, 4.69) is 5.32 Å². The summed E-state index contributed by atoms with van der Waals surface area (Å²) < 4.78 is 5.08. The Bertz CT molecular complexity index is 374. The number of benzene rings is 1. The van der Waals surface area contributed by atoms with Crippen LogP contribution in [0, 0.1) is 0 Å². The van der Waals surface area contributed by atoms with E-state index in [-0.39, 0.29) is 6.04 Å². The van der Waals surface area contributed by atoms with Crippen LogP contribution in [0.25, 0.3) is 0 Å². The van der Waals surface area contributed by atoms with Crippen LogP contribution in [0.1, 0.15) is 24.4 Å². The molecular weight excluding hydrogens is 206 g/mol. The van der Waals surface area contributed by atoms with Crippen molar-refractivity contribution in [1.82, 2.24) is 5.32 Å². The van der Waals surface area contributed by atoms with E-state index in [0.717, 1.165) is 17.7 Å². The summed E-state index contributed by atoms with van der Waals surface area (Å²) in [5, 5.41) is 12.0. The van der Waals surface area contributed by atoms with E-state index < -0.39 is 12.0 Å². The first-order valence-corrected chi connectivity index (χ1v) is 5.33. The lowest BCUT2D eigenvalue weighted by atomic mass is 10.1. The smallest absolute Gasteiger partial charge is 0.320 e. The number of methoxy groups -OCH3 is 1. The Balaban J connectivity index is 2.05. The van der Waals surface area contributed by atoms with Gasteiger partial charge in [-0.05, 0) is 30.5 Å². The highest BCUT2D eigenvalue weighted by atomic mass is 16.5. The molecule has 4 heteroatoms. The zero-order valence-corrected chi connectivity index (χ0v) is 9.14. The van der Waals surface area contributed by atoms with E-state index in [4.69, 9.17) is 9.84 Å². The highest BCUT2D eigenvalue weighted by Crippen LogP contribution is 2.27. The minimum absolute atomic E-state index is 0.145. The van der Waals surface area contributed by atoms with Gasteiger partial charge in [0.05, 0.1) is 7.11 Å². The summed E-state index contributed by atoms with van der Waals surface area (Å²) in [4.78, 5) is 10.8. The number of hydrogen-bond acceptors (Lipinski definition) is 3. The number of ether oxygens (including phenoxy) is 1. The van der Waals surface area contributed by atoms with Crippen molar-refractivity contribution in [1.29, 1.82) is 0 Å². The van der Waals surface area contributed by atoms with Crippen molar-refractivity contribution in [3.05, 3.63) is 29.8 Å². The molecule has 2 unspecified atom stereocenters. The number of carbonyl (C=O) groups is 1. The molecule has 0 saturated carbocycles. The van der Waals surface area contributed by atoms with Gasteiger partial charge in [-0.25, -0.2) is 0 Å². The Morgan fingerprint density at radius 3 is 2.56 bits per heavy atom. The number of carboxylic acid groups (broad SMARTS) is 1. The summed E-state index contributed by atoms with van der Waals surface area (Å²) in [6, 6.07) is 7.47. The molecule has 2 rings (SSSR count). The van der Waals surface area contributed by atoms with Crippen LogP contribution in [-0.2, 0) is 4.79 Å². The molecule has 2 N–H and O–H groups in total. The number of hydrogen-bond donors (Lipinski definition) is 2. The van der Waals surface area contributed by atoms with Crippen molar-refractivity contribution in [3.8, 4) is 5.75 Å². The molecule has 1 heterocycles. The fraction of sp³-hybridized carbons (Fsp3) is 0.417. The highest BCUT2D eigenvalue weighted by molar-refractivity contribution is 5.73. The average molecular weight is 221 g/mol. The number of aliphatic carboxylic acids is 1. The first kappa shape index (κ1) is 11.0. The van der Waals surface area contributed by atoms with Crippen LogP contribution in [0.4, 0.5) is 0 Å². The minimum atomic E-state index is -0.768. The molecule has 1 aliphatic heterocycles. The van der Waals surface area contributed by atoms with Gasteiger partial charge < -0.3 is 9.84 Å². The molecule has 2 atom stereocenters. The molecule has 1 aromatic rings. The summed E-state index contributed by atoms with van der Waals surface area (Å²) in [7, 11) is 1.63. The lowest BCUT2D eigenvalue weighted by Crippen LogP contribution is -2.31. The van der Waals surface area contributed by atoms with Gasteiger partial charge in [-0.2, -0.15) is 0 Å². The maximum absolute atomic E-state index is 10.8. The van der Waals surface area contributed by atoms with E-state index in [9.17, 15) is 4.79 Å². The van der Waals surface area contributed by atoms with Gasteiger partial charge >= 0.3 is 5.97 Å². The Hall–Kier alpha value is -1.55. The average Bonchev–Trinajstić information content (AvgIpc) is 2.78. The van der Waals surface area contributed by atoms with Crippen molar-refractivity contribution in [2.24, 2.45) is 0 Å². The van der Waals surface area contributed by atoms with Crippen molar-refractivity contribution in [2.45, 2.75) is 24.9 Å². The van der Waals surface area contributed by atoms with Gasteiger partial charge in [0, 0.05) is 6.04 Å². The second kappa shape index (κ2) is 4.53. The third-order valence-corrected chi connectivity index (χ3v) is 2.96. The summed E-state index contributed by atoms with van der Waals surface area (Å²) in [6.45, 7) is 0. The zero-order chi connectivity index (χ0) is 11.5. The second-order valence-corrected chi connectivity index (χ2v) is 3.96. The van der Waals surface area contributed by atoms with Crippen LogP contribution in [0.5, 0.6) is 5.75 Å². The summed E-state index contributed by atoms with van der Waals surface area (Å²) >= 11 is 0. The van der Waals surface area contributed by atoms with Crippen LogP contribution in [0.2, 0.25) is 0 Å². The van der Waals surface area contributed by atoms with Crippen LogP contribution < -0.4 is 10.1 Å². The third-order valence-electron chi connectivity index (χ3n) is 2.96. The topological polar surface area (TPSA) is 58.6 Å². The molecule has 0 aromatic heterocycles. The molecule has 1 saturated heterocycles. The standard InChI is InChI=1S/C12H15NO3/c1-16-9-4-2-8(3-5-9)10-6-7-11(13-10)12(14)15/h2-5,10-11,13H,6-7H2,1H3,(H,14,15). The number of rotatable bonds is 3. The molecule has 0 aliphatic carbocycles. The molecule has 1 fully saturated rings. The predicted molar refractivity (Wildman–Crippen MR) is 59.5 cm³/mol. The minimum Gasteiger partial charge on any atom is -0.497 e. The van der Waals surface area contributed by atoms with Crippen molar-refractivity contribution in [3.63, 3.8) is 0 Å². The molecule has 1 aliphatic rings. The van der Waals surface area contributed by atoms with Crippen LogP contribution >= 0.6 is 0 Å². The van der Waals surface area contributed by atoms with Gasteiger partial charge in [0.25, 0.3) is 0 Å². The van der Waals surface area contributed by atoms with Gasteiger partial charge in [-0.1, -0.05) is 12.1 Å². The fourth-order valence-electron chi connectivity index (χ4n) is 2.04. The van der Waals surface area contributed by atoms with Gasteiger partial charge in [0.1, 0.15) is 11.8 Å². The van der Waals surface area contributed by atoms with Gasteiger partial charge in [-0.15, -0.1) is 0 Å². The van der Waals surface area contributed by atoms with Crippen molar-refractivity contribution >= 4 is 5.97 Å². The molecule has 0 radical (unpaired) electrons. The molecule has 4 nitrogen and oxygen atoms in total. The molecule has 0 bridgehead atoms. The lowest BCUT2D eigenvalue weighted by molar-refractivity contribution is -0.139. The summed E-state index contributed by atoms with van der Waals surface area (Å²) in [5.41, 5.74) is 1.12. The molecule has 16 heavy (non-hydrogen) atoms. The van der Waals surface area contributed by atoms with Crippen LogP contribution in [0.3, 0.4) is 0 Å². The van der Waals surface area contributed by atoms with Crippen molar-refractivity contribution in [2.75, 3.05) is 7.11 Å². The van der Waals surface area contributed by atoms with E-state index in [1.165, 1.54) is 0 Å². The first-order chi connectivity index (χ1) is 7.70. The zero-order valence-electron chi connectivity index (χ0n) is 9.14.